The first-order valence-corrected chi connectivity index (χ1v) is 8.46. The topological polar surface area (TPSA) is 79.1 Å². The molecule has 0 saturated carbocycles. The number of halogens is 3. The van der Waals surface area contributed by atoms with Crippen molar-refractivity contribution < 1.29 is 13.2 Å². The van der Waals surface area contributed by atoms with Crippen molar-refractivity contribution in [2.24, 2.45) is 5.73 Å². The molecule has 2 aromatic rings. The van der Waals surface area contributed by atoms with Crippen LogP contribution in [0.4, 0.5) is 19.0 Å². The molecule has 2 heterocycles. The Balaban J connectivity index is 1.62. The zero-order valence-electron chi connectivity index (χ0n) is 14.8. The summed E-state index contributed by atoms with van der Waals surface area (Å²) in [6.07, 6.45) is 0.835. The van der Waals surface area contributed by atoms with Crippen LogP contribution in [0.3, 0.4) is 0 Å². The summed E-state index contributed by atoms with van der Waals surface area (Å²) in [4.78, 5) is 10.6. The minimum atomic E-state index is -4.39. The number of hydrogen-bond acceptors (Lipinski definition) is 6. The highest BCUT2D eigenvalue weighted by Crippen LogP contribution is 2.32. The molecule has 0 saturated heterocycles. The number of aromatic nitrogens is 2. The molecular weight excluding hydrogens is 357 g/mol. The predicted molar refractivity (Wildman–Crippen MR) is 97.4 cm³/mol. The van der Waals surface area contributed by atoms with E-state index in [0.29, 0.717) is 18.2 Å². The Morgan fingerprint density at radius 3 is 2.78 bits per heavy atom. The van der Waals surface area contributed by atoms with E-state index in [1.807, 2.05) is 18.1 Å². The largest absolute Gasteiger partial charge is 0.416 e. The first-order valence-electron chi connectivity index (χ1n) is 8.46. The first kappa shape index (κ1) is 19.0. The number of anilines is 1. The molecule has 9 heteroatoms. The normalized spacial score (nSPS) is 15.3. The van der Waals surface area contributed by atoms with Crippen molar-refractivity contribution in [3.05, 3.63) is 59.7 Å². The zero-order chi connectivity index (χ0) is 19.4. The van der Waals surface area contributed by atoms with Crippen molar-refractivity contribution >= 4 is 11.5 Å². The molecule has 0 bridgehead atoms. The Bertz CT molecular complexity index is 821. The molecule has 0 fully saturated rings. The lowest BCUT2D eigenvalue weighted by atomic mass is 10.00. The van der Waals surface area contributed by atoms with E-state index in [4.69, 9.17) is 5.73 Å². The second-order valence-corrected chi connectivity index (χ2v) is 6.42. The summed E-state index contributed by atoms with van der Waals surface area (Å²) in [5, 5.41) is 6.24. The van der Waals surface area contributed by atoms with Gasteiger partial charge in [-0.15, -0.1) is 0 Å². The smallest absolute Gasteiger partial charge is 0.367 e. The summed E-state index contributed by atoms with van der Waals surface area (Å²) in [7, 11) is 1.94. The van der Waals surface area contributed by atoms with Crippen LogP contribution in [-0.2, 0) is 12.6 Å². The van der Waals surface area contributed by atoms with Crippen LogP contribution in [0.5, 0.6) is 0 Å². The van der Waals surface area contributed by atoms with Gasteiger partial charge in [-0.2, -0.15) is 13.2 Å². The lowest BCUT2D eigenvalue weighted by Gasteiger charge is -2.17. The van der Waals surface area contributed by atoms with Crippen LogP contribution in [0.15, 0.2) is 42.9 Å². The van der Waals surface area contributed by atoms with Crippen LogP contribution < -0.4 is 16.4 Å². The summed E-state index contributed by atoms with van der Waals surface area (Å²) >= 11 is 0. The Morgan fingerprint density at radius 2 is 2.07 bits per heavy atom. The number of nitrogens with one attached hydrogen (secondary N) is 2. The third-order valence-electron chi connectivity index (χ3n) is 4.13. The highest BCUT2D eigenvalue weighted by molar-refractivity contribution is 5.62. The van der Waals surface area contributed by atoms with Crippen molar-refractivity contribution in [1.82, 2.24) is 20.2 Å². The maximum Gasteiger partial charge on any atom is 0.416 e. The standard InChI is InChI=1S/C18H21F3N6/c1-27-10-16(25-11-27)15-8-23-9-17(26-15)24-7-13(22)6-12-4-2-3-5-14(12)18(19,20)21/h2-5,8-10,13,25H,6-7,11,22H2,1H3,(H,24,26). The third-order valence-corrected chi connectivity index (χ3v) is 4.13. The monoisotopic (exact) mass is 378 g/mol. The van der Waals surface area contributed by atoms with Gasteiger partial charge in [0.15, 0.2) is 0 Å². The van der Waals surface area contributed by atoms with Crippen LogP contribution in [0.2, 0.25) is 0 Å². The van der Waals surface area contributed by atoms with E-state index in [-0.39, 0.29) is 18.5 Å². The summed E-state index contributed by atoms with van der Waals surface area (Å²) < 4.78 is 39.2. The maximum atomic E-state index is 13.1. The summed E-state index contributed by atoms with van der Waals surface area (Å²) in [5.41, 5.74) is 7.11. The second kappa shape index (κ2) is 7.83. The van der Waals surface area contributed by atoms with Gasteiger partial charge in [0, 0.05) is 25.8 Å². The molecule has 1 aromatic heterocycles. The Labute approximate surface area is 155 Å². The van der Waals surface area contributed by atoms with Crippen LogP contribution in [0.1, 0.15) is 16.8 Å². The minimum absolute atomic E-state index is 0.104. The number of rotatable bonds is 6. The molecule has 1 aliphatic rings. The average Bonchev–Trinajstić information content (AvgIpc) is 3.06. The molecule has 4 N–H and O–H groups in total. The van der Waals surface area contributed by atoms with Crippen molar-refractivity contribution in [2.75, 3.05) is 25.6 Å². The number of nitrogens with two attached hydrogens (primary N) is 1. The molecule has 1 aromatic carbocycles. The first-order chi connectivity index (χ1) is 12.8. The quantitative estimate of drug-likeness (QED) is 0.716. The molecule has 0 amide bonds. The van der Waals surface area contributed by atoms with Crippen LogP contribution >= 0.6 is 0 Å². The molecular formula is C18H21F3N6. The predicted octanol–water partition coefficient (Wildman–Crippen LogP) is 2.27. The van der Waals surface area contributed by atoms with E-state index in [0.717, 1.165) is 11.8 Å². The Hall–Kier alpha value is -2.81. The van der Waals surface area contributed by atoms with E-state index in [9.17, 15) is 13.2 Å². The van der Waals surface area contributed by atoms with Crippen molar-refractivity contribution in [2.45, 2.75) is 18.6 Å². The Morgan fingerprint density at radius 1 is 1.30 bits per heavy atom. The van der Waals surface area contributed by atoms with Crippen molar-refractivity contribution in [1.29, 1.82) is 0 Å². The number of nitrogens with zero attached hydrogens (tertiary/aromatic N) is 3. The zero-order valence-corrected chi connectivity index (χ0v) is 14.8. The van der Waals surface area contributed by atoms with Gasteiger partial charge < -0.3 is 21.3 Å². The van der Waals surface area contributed by atoms with E-state index in [1.165, 1.54) is 12.1 Å². The van der Waals surface area contributed by atoms with Gasteiger partial charge in [0.25, 0.3) is 0 Å². The second-order valence-electron chi connectivity index (χ2n) is 6.42. The molecule has 27 heavy (non-hydrogen) atoms. The van der Waals surface area contributed by atoms with E-state index >= 15 is 0 Å². The van der Waals surface area contributed by atoms with Gasteiger partial charge in [0.2, 0.25) is 0 Å². The van der Waals surface area contributed by atoms with Crippen LogP contribution in [0.25, 0.3) is 5.70 Å². The fraction of sp³-hybridized carbons (Fsp3) is 0.333. The third kappa shape index (κ3) is 4.88. The molecule has 1 unspecified atom stereocenters. The van der Waals surface area contributed by atoms with E-state index < -0.39 is 17.8 Å². The fourth-order valence-corrected chi connectivity index (χ4v) is 2.82. The van der Waals surface area contributed by atoms with Gasteiger partial charge in [0.05, 0.1) is 30.3 Å². The van der Waals surface area contributed by atoms with E-state index in [2.05, 4.69) is 20.6 Å². The van der Waals surface area contributed by atoms with Gasteiger partial charge in [-0.3, -0.25) is 4.98 Å². The molecule has 3 rings (SSSR count). The van der Waals surface area contributed by atoms with Crippen molar-refractivity contribution in [3.8, 4) is 0 Å². The highest BCUT2D eigenvalue weighted by atomic mass is 19.4. The highest BCUT2D eigenvalue weighted by Gasteiger charge is 2.33. The number of hydrogen-bond donors (Lipinski definition) is 3. The number of benzene rings is 1. The molecule has 0 radical (unpaired) electrons. The fourth-order valence-electron chi connectivity index (χ4n) is 2.82. The lowest BCUT2D eigenvalue weighted by Crippen LogP contribution is -2.32. The van der Waals surface area contributed by atoms with E-state index in [1.54, 1.807) is 18.5 Å². The molecule has 0 aliphatic carbocycles. The average molecular weight is 378 g/mol. The van der Waals surface area contributed by atoms with Gasteiger partial charge in [-0.05, 0) is 18.1 Å². The van der Waals surface area contributed by atoms with Crippen LogP contribution in [0, 0.1) is 0 Å². The van der Waals surface area contributed by atoms with Gasteiger partial charge in [0.1, 0.15) is 11.5 Å². The minimum Gasteiger partial charge on any atom is -0.367 e. The number of alkyl halides is 3. The summed E-state index contributed by atoms with van der Waals surface area (Å²) in [6.45, 7) is 0.967. The van der Waals surface area contributed by atoms with Crippen LogP contribution in [-0.4, -0.2) is 41.2 Å². The molecule has 1 atom stereocenters. The summed E-state index contributed by atoms with van der Waals surface area (Å²) in [5.74, 6) is 0.518. The molecule has 6 nitrogen and oxygen atoms in total. The van der Waals surface area contributed by atoms with Gasteiger partial charge >= 0.3 is 6.18 Å². The molecule has 144 valence electrons. The van der Waals surface area contributed by atoms with Gasteiger partial charge in [-0.25, -0.2) is 4.98 Å². The molecule has 1 aliphatic heterocycles. The van der Waals surface area contributed by atoms with Crippen molar-refractivity contribution in [3.63, 3.8) is 0 Å². The maximum absolute atomic E-state index is 13.1. The lowest BCUT2D eigenvalue weighted by molar-refractivity contribution is -0.138. The molecule has 0 spiro atoms. The van der Waals surface area contributed by atoms with Gasteiger partial charge in [-0.1, -0.05) is 18.2 Å². The summed E-state index contributed by atoms with van der Waals surface area (Å²) in [6, 6.07) is 4.98. The Kier molecular flexibility index (Phi) is 5.50. The SMILES string of the molecule is CN1C=C(c2cncc(NCC(N)Cc3ccccc3C(F)(F)F)n2)NC1.